The van der Waals surface area contributed by atoms with Gasteiger partial charge in [-0.3, -0.25) is 9.59 Å². The molecular weight excluding hydrogens is 448 g/mol. The van der Waals surface area contributed by atoms with E-state index >= 15 is 0 Å². The van der Waals surface area contributed by atoms with Gasteiger partial charge in [0.25, 0.3) is 5.91 Å². The van der Waals surface area contributed by atoms with Gasteiger partial charge in [0.1, 0.15) is 11.9 Å². The van der Waals surface area contributed by atoms with Crippen molar-refractivity contribution in [3.8, 4) is 0 Å². The molecule has 0 radical (unpaired) electrons. The number of rotatable bonds is 8. The molecule has 0 aliphatic rings. The van der Waals surface area contributed by atoms with E-state index in [4.69, 9.17) is 4.74 Å². The third kappa shape index (κ3) is 4.75. The number of aliphatic hydroxyl groups is 1. The average Bonchev–Trinajstić information content (AvgIpc) is 3.29. The molecule has 0 bridgehead atoms. The van der Waals surface area contributed by atoms with E-state index in [1.807, 2.05) is 0 Å². The first-order valence-corrected chi connectivity index (χ1v) is 11.5. The summed E-state index contributed by atoms with van der Waals surface area (Å²) in [5.41, 5.74) is -1.18. The summed E-state index contributed by atoms with van der Waals surface area (Å²) in [5, 5.41) is 15.7. The van der Waals surface area contributed by atoms with Gasteiger partial charge in [-0.05, 0) is 41.5 Å². The van der Waals surface area contributed by atoms with Gasteiger partial charge in [-0.15, -0.1) is 0 Å². The minimum absolute atomic E-state index is 0.0256. The summed E-state index contributed by atoms with van der Waals surface area (Å²) in [6.07, 6.45) is 1.77. The summed E-state index contributed by atoms with van der Waals surface area (Å²) in [5.74, 6) is -0.896. The van der Waals surface area contributed by atoms with Crippen molar-refractivity contribution in [1.29, 1.82) is 0 Å². The van der Waals surface area contributed by atoms with Crippen LogP contribution in [-0.4, -0.2) is 66.4 Å². The highest BCUT2D eigenvalue weighted by Gasteiger charge is 2.38. The number of aromatic nitrogens is 2. The van der Waals surface area contributed by atoms with Crippen molar-refractivity contribution >= 4 is 32.9 Å². The molecule has 0 fully saturated rings. The molecule has 0 aliphatic heterocycles. The van der Waals surface area contributed by atoms with Gasteiger partial charge in [0.15, 0.2) is 0 Å². The van der Waals surface area contributed by atoms with Crippen LogP contribution in [-0.2, 0) is 25.3 Å². The third-order valence-electron chi connectivity index (χ3n) is 5.22. The molecule has 11 heteroatoms. The van der Waals surface area contributed by atoms with Gasteiger partial charge in [0.2, 0.25) is 0 Å². The predicted molar refractivity (Wildman–Crippen MR) is 122 cm³/mol. The third-order valence-corrected chi connectivity index (χ3v) is 6.88. The number of carbonyl (C=O) groups is 2. The van der Waals surface area contributed by atoms with E-state index in [1.165, 1.54) is 20.3 Å². The molecule has 2 N–H and O–H groups in total. The summed E-state index contributed by atoms with van der Waals surface area (Å²) in [6.45, 7) is 1.77. The summed E-state index contributed by atoms with van der Waals surface area (Å²) in [4.78, 5) is 28.4. The molecule has 3 rings (SSSR count). The number of nitrogens with zero attached hydrogens (tertiary/aromatic N) is 3. The van der Waals surface area contributed by atoms with Crippen LogP contribution in [0.25, 0.3) is 10.8 Å². The van der Waals surface area contributed by atoms with Crippen molar-refractivity contribution in [1.82, 2.24) is 18.6 Å². The van der Waals surface area contributed by atoms with Crippen molar-refractivity contribution < 1.29 is 27.9 Å². The van der Waals surface area contributed by atoms with Crippen LogP contribution in [0.15, 0.2) is 48.9 Å². The molecule has 1 heterocycles. The van der Waals surface area contributed by atoms with E-state index in [-0.39, 0.29) is 18.2 Å². The molecule has 3 aromatic rings. The van der Waals surface area contributed by atoms with Gasteiger partial charge in [-0.2, -0.15) is 12.7 Å². The van der Waals surface area contributed by atoms with Gasteiger partial charge in [0, 0.05) is 32.9 Å². The van der Waals surface area contributed by atoms with Crippen molar-refractivity contribution in [3.05, 3.63) is 65.7 Å². The van der Waals surface area contributed by atoms with Crippen LogP contribution in [0.4, 0.5) is 0 Å². The lowest BCUT2D eigenvalue weighted by atomic mass is 9.86. The molecule has 176 valence electrons. The first kappa shape index (κ1) is 24.4. The lowest BCUT2D eigenvalue weighted by Gasteiger charge is -2.26. The van der Waals surface area contributed by atoms with Crippen LogP contribution in [0.2, 0.25) is 0 Å². The quantitative estimate of drug-likeness (QED) is 0.470. The molecule has 10 nitrogen and oxygen atoms in total. The normalized spacial score (nSPS) is 13.6. The number of hydrogen-bond donors (Lipinski definition) is 2. The van der Waals surface area contributed by atoms with Crippen LogP contribution in [0.5, 0.6) is 0 Å². The molecule has 1 amide bonds. The fourth-order valence-electron chi connectivity index (χ4n) is 3.38. The molecule has 0 saturated heterocycles. The van der Waals surface area contributed by atoms with E-state index in [0.717, 1.165) is 20.0 Å². The Morgan fingerprint density at radius 1 is 1.18 bits per heavy atom. The minimum Gasteiger partial charge on any atom is -0.466 e. The Hall–Kier alpha value is -3.28. The molecule has 0 unspecified atom stereocenters. The Bertz CT molecular complexity index is 1300. The predicted octanol–water partition coefficient (Wildman–Crippen LogP) is 1.24. The first-order valence-electron chi connectivity index (χ1n) is 10.1. The lowest BCUT2D eigenvalue weighted by Crippen LogP contribution is -2.32. The number of benzene rings is 2. The Labute approximate surface area is 192 Å². The van der Waals surface area contributed by atoms with Crippen LogP contribution in [0, 0.1) is 0 Å². The number of imidazole rings is 1. The summed E-state index contributed by atoms with van der Waals surface area (Å²) >= 11 is 0. The zero-order chi connectivity index (χ0) is 24.4. The largest absolute Gasteiger partial charge is 0.466 e. The topological polar surface area (TPSA) is 131 Å². The second kappa shape index (κ2) is 9.30. The summed E-state index contributed by atoms with van der Waals surface area (Å²) in [6, 6.07) is 10.1. The van der Waals surface area contributed by atoms with Gasteiger partial charge < -0.3 is 15.2 Å². The smallest absolute Gasteiger partial charge is 0.309 e. The molecule has 0 aliphatic carbocycles. The van der Waals surface area contributed by atoms with Crippen LogP contribution in [0.1, 0.15) is 35.0 Å². The van der Waals surface area contributed by atoms with E-state index in [0.29, 0.717) is 16.5 Å². The molecule has 0 saturated carbocycles. The van der Waals surface area contributed by atoms with Gasteiger partial charge in [0.05, 0.1) is 18.7 Å². The number of nitrogens with one attached hydrogen (secondary N) is 1. The number of hydrogen-bond acceptors (Lipinski definition) is 7. The van der Waals surface area contributed by atoms with Crippen molar-refractivity contribution in [2.24, 2.45) is 0 Å². The van der Waals surface area contributed by atoms with E-state index < -0.39 is 28.2 Å². The maximum Gasteiger partial charge on any atom is 0.309 e. The molecular formula is C22H26N4O6S. The Morgan fingerprint density at radius 2 is 1.85 bits per heavy atom. The van der Waals surface area contributed by atoms with E-state index in [2.05, 4.69) is 10.3 Å². The maximum absolute atomic E-state index is 12.5. The van der Waals surface area contributed by atoms with E-state index in [9.17, 15) is 23.1 Å². The second-order valence-corrected chi connectivity index (χ2v) is 9.62. The molecule has 33 heavy (non-hydrogen) atoms. The number of esters is 1. The summed E-state index contributed by atoms with van der Waals surface area (Å²) in [7, 11) is 0.420. The standard InChI is InChI=1S/C22H26N4O6S/c1-5-32-20(27)12-22(29,19-13-26(14-24-19)33(30,31)25(3)4)18-9-8-15-10-17(21(28)23-2)7-6-16(15)11-18/h6-11,13-14,29H,5,12H2,1-4H3,(H,23,28)/t22-/m0/s1. The molecule has 1 aromatic heterocycles. The zero-order valence-corrected chi connectivity index (χ0v) is 19.6. The highest BCUT2D eigenvalue weighted by molar-refractivity contribution is 7.87. The highest BCUT2D eigenvalue weighted by atomic mass is 32.2. The Morgan fingerprint density at radius 3 is 2.48 bits per heavy atom. The number of amides is 1. The van der Waals surface area contributed by atoms with Crippen LogP contribution < -0.4 is 5.32 Å². The fourth-order valence-corrected chi connectivity index (χ4v) is 4.16. The van der Waals surface area contributed by atoms with Crippen molar-refractivity contribution in [3.63, 3.8) is 0 Å². The fraction of sp³-hybridized carbons (Fsp3) is 0.318. The minimum atomic E-state index is -3.87. The first-order chi connectivity index (χ1) is 15.5. The Balaban J connectivity index is 2.12. The average molecular weight is 475 g/mol. The lowest BCUT2D eigenvalue weighted by molar-refractivity contribution is -0.147. The SMILES string of the molecule is CCOC(=O)C[C@](O)(c1ccc2cc(C(=O)NC)ccc2c1)c1cn(S(=O)(=O)N(C)C)cn1. The summed E-state index contributed by atoms with van der Waals surface area (Å²) < 4.78 is 31.8. The second-order valence-electron chi connectivity index (χ2n) is 7.58. The molecule has 0 spiro atoms. The maximum atomic E-state index is 12.5. The van der Waals surface area contributed by atoms with Gasteiger partial charge in [-0.1, -0.05) is 18.2 Å². The molecule has 2 aromatic carbocycles. The highest BCUT2D eigenvalue weighted by Crippen LogP contribution is 2.34. The molecule has 1 atom stereocenters. The van der Waals surface area contributed by atoms with Gasteiger partial charge >= 0.3 is 16.2 Å². The van der Waals surface area contributed by atoms with Gasteiger partial charge in [-0.25, -0.2) is 8.96 Å². The number of fused-ring (bicyclic) bond motifs is 1. The number of ether oxygens (including phenoxy) is 1. The monoisotopic (exact) mass is 474 g/mol. The number of carbonyl (C=O) groups excluding carboxylic acids is 2. The van der Waals surface area contributed by atoms with Crippen molar-refractivity contribution in [2.45, 2.75) is 18.9 Å². The van der Waals surface area contributed by atoms with E-state index in [1.54, 1.807) is 50.4 Å². The van der Waals surface area contributed by atoms with Crippen molar-refractivity contribution in [2.75, 3.05) is 27.7 Å². The Kier molecular flexibility index (Phi) is 6.86. The van der Waals surface area contributed by atoms with Crippen LogP contribution >= 0.6 is 0 Å². The zero-order valence-electron chi connectivity index (χ0n) is 18.8. The van der Waals surface area contributed by atoms with Crippen LogP contribution in [0.3, 0.4) is 0 Å².